The Labute approximate surface area is 121 Å². The van der Waals surface area contributed by atoms with Gasteiger partial charge in [-0.05, 0) is 35.3 Å². The molecule has 0 bridgehead atoms. The van der Waals surface area contributed by atoms with E-state index in [1.807, 2.05) is 12.4 Å². The van der Waals surface area contributed by atoms with Gasteiger partial charge in [0.05, 0.1) is 0 Å². The molecular formula is C18H24N2. The second-order valence-corrected chi connectivity index (χ2v) is 6.27. The van der Waals surface area contributed by atoms with Gasteiger partial charge >= 0.3 is 0 Å². The lowest BCUT2D eigenvalue weighted by Crippen LogP contribution is -2.40. The first kappa shape index (κ1) is 13.6. The molecular weight excluding hydrogens is 244 g/mol. The van der Waals surface area contributed by atoms with Gasteiger partial charge in [0.2, 0.25) is 0 Å². The first-order valence-corrected chi connectivity index (χ1v) is 7.80. The van der Waals surface area contributed by atoms with Gasteiger partial charge < -0.3 is 5.32 Å². The first-order valence-electron chi connectivity index (χ1n) is 7.80. The van der Waals surface area contributed by atoms with Crippen LogP contribution in [0.15, 0.2) is 36.7 Å². The van der Waals surface area contributed by atoms with Crippen molar-refractivity contribution in [2.24, 2.45) is 11.8 Å². The minimum Gasteiger partial charge on any atom is -0.310 e. The maximum absolute atomic E-state index is 4.21. The lowest BCUT2D eigenvalue weighted by Gasteiger charge is -2.35. The molecule has 3 rings (SSSR count). The quantitative estimate of drug-likeness (QED) is 0.904. The van der Waals surface area contributed by atoms with Crippen molar-refractivity contribution in [3.8, 4) is 0 Å². The number of nitrogens with zero attached hydrogens (tertiary/aromatic N) is 1. The molecule has 0 saturated heterocycles. The normalized spacial score (nSPS) is 26.8. The molecule has 2 nitrogen and oxygen atoms in total. The van der Waals surface area contributed by atoms with Gasteiger partial charge in [0, 0.05) is 30.4 Å². The largest absolute Gasteiger partial charge is 0.310 e. The van der Waals surface area contributed by atoms with Gasteiger partial charge in [-0.3, -0.25) is 4.98 Å². The molecule has 0 spiro atoms. The van der Waals surface area contributed by atoms with E-state index < -0.39 is 0 Å². The summed E-state index contributed by atoms with van der Waals surface area (Å²) >= 11 is 0. The molecule has 1 aromatic carbocycles. The topological polar surface area (TPSA) is 24.9 Å². The van der Waals surface area contributed by atoms with E-state index in [2.05, 4.69) is 48.4 Å². The highest BCUT2D eigenvalue weighted by molar-refractivity contribution is 5.84. The van der Waals surface area contributed by atoms with E-state index >= 15 is 0 Å². The number of hydrogen-bond donors (Lipinski definition) is 1. The summed E-state index contributed by atoms with van der Waals surface area (Å²) in [6.07, 6.45) is 7.90. The third-order valence-corrected chi connectivity index (χ3v) is 5.03. The van der Waals surface area contributed by atoms with Crippen LogP contribution in [0.1, 0.15) is 38.7 Å². The van der Waals surface area contributed by atoms with Crippen LogP contribution in [-0.2, 0) is 6.54 Å². The molecule has 3 unspecified atom stereocenters. The Balaban J connectivity index is 1.74. The minimum atomic E-state index is 0.663. The van der Waals surface area contributed by atoms with E-state index in [-0.39, 0.29) is 0 Å². The van der Waals surface area contributed by atoms with E-state index in [4.69, 9.17) is 0 Å². The molecule has 1 saturated carbocycles. The Hall–Kier alpha value is -1.41. The smallest absolute Gasteiger partial charge is 0.0346 e. The molecule has 106 valence electrons. The fraction of sp³-hybridized carbons (Fsp3) is 0.500. The molecule has 0 radical (unpaired) electrons. The Morgan fingerprint density at radius 1 is 1.20 bits per heavy atom. The van der Waals surface area contributed by atoms with Crippen molar-refractivity contribution < 1.29 is 0 Å². The zero-order valence-corrected chi connectivity index (χ0v) is 12.5. The number of aromatic nitrogens is 1. The van der Waals surface area contributed by atoms with Gasteiger partial charge in [-0.1, -0.05) is 44.9 Å². The highest BCUT2D eigenvalue weighted by Crippen LogP contribution is 2.30. The fourth-order valence-electron chi connectivity index (χ4n) is 3.45. The number of hydrogen-bond acceptors (Lipinski definition) is 2. The molecule has 2 heteroatoms. The van der Waals surface area contributed by atoms with Crippen LogP contribution >= 0.6 is 0 Å². The van der Waals surface area contributed by atoms with Gasteiger partial charge in [0.15, 0.2) is 0 Å². The van der Waals surface area contributed by atoms with Crippen LogP contribution < -0.4 is 5.32 Å². The molecule has 20 heavy (non-hydrogen) atoms. The average Bonchev–Trinajstić information content (AvgIpc) is 2.49. The van der Waals surface area contributed by atoms with Crippen molar-refractivity contribution in [2.75, 3.05) is 0 Å². The third-order valence-electron chi connectivity index (χ3n) is 5.03. The van der Waals surface area contributed by atoms with Gasteiger partial charge in [-0.25, -0.2) is 0 Å². The average molecular weight is 268 g/mol. The van der Waals surface area contributed by atoms with Crippen LogP contribution in [0.3, 0.4) is 0 Å². The van der Waals surface area contributed by atoms with Gasteiger partial charge in [-0.2, -0.15) is 0 Å². The molecule has 1 heterocycles. The zero-order chi connectivity index (χ0) is 13.9. The summed E-state index contributed by atoms with van der Waals surface area (Å²) in [5, 5.41) is 6.35. The molecule has 0 amide bonds. The lowest BCUT2D eigenvalue weighted by molar-refractivity contribution is 0.206. The van der Waals surface area contributed by atoms with Crippen LogP contribution in [0.25, 0.3) is 10.8 Å². The summed E-state index contributed by atoms with van der Waals surface area (Å²) in [6, 6.07) is 9.28. The standard InChI is InChI=1S/C18H24N2/c1-13-5-3-8-18(14(13)2)20-12-16-7-4-6-15-11-19-10-9-17(15)16/h4,6-7,9-11,13-14,18,20H,3,5,8,12H2,1-2H3. The summed E-state index contributed by atoms with van der Waals surface area (Å²) in [5.74, 6) is 1.62. The number of nitrogens with one attached hydrogen (secondary N) is 1. The van der Waals surface area contributed by atoms with E-state index in [0.717, 1.165) is 18.4 Å². The van der Waals surface area contributed by atoms with E-state index in [9.17, 15) is 0 Å². The zero-order valence-electron chi connectivity index (χ0n) is 12.5. The van der Waals surface area contributed by atoms with Crippen LogP contribution in [-0.4, -0.2) is 11.0 Å². The highest BCUT2D eigenvalue weighted by Gasteiger charge is 2.26. The molecule has 1 fully saturated rings. The Kier molecular flexibility index (Phi) is 4.02. The fourth-order valence-corrected chi connectivity index (χ4v) is 3.45. The van der Waals surface area contributed by atoms with Gasteiger partial charge in [0.25, 0.3) is 0 Å². The second kappa shape index (κ2) is 5.92. The lowest BCUT2D eigenvalue weighted by atomic mass is 9.78. The summed E-state index contributed by atoms with van der Waals surface area (Å²) < 4.78 is 0. The number of rotatable bonds is 3. The Morgan fingerprint density at radius 2 is 2.10 bits per heavy atom. The molecule has 1 aliphatic carbocycles. The predicted octanol–water partition coefficient (Wildman–Crippen LogP) is 4.15. The molecule has 2 aromatic rings. The summed E-state index contributed by atoms with van der Waals surface area (Å²) in [6.45, 7) is 5.75. The van der Waals surface area contributed by atoms with Crippen molar-refractivity contribution in [1.29, 1.82) is 0 Å². The van der Waals surface area contributed by atoms with Crippen molar-refractivity contribution >= 4 is 10.8 Å². The van der Waals surface area contributed by atoms with Crippen LogP contribution in [0.5, 0.6) is 0 Å². The van der Waals surface area contributed by atoms with Crippen LogP contribution in [0.4, 0.5) is 0 Å². The maximum Gasteiger partial charge on any atom is 0.0346 e. The SMILES string of the molecule is CC1CCCC(NCc2cccc3cnccc23)C1C. The van der Waals surface area contributed by atoms with Crippen LogP contribution in [0.2, 0.25) is 0 Å². The third kappa shape index (κ3) is 2.71. The number of fused-ring (bicyclic) bond motifs is 1. The Bertz CT molecular complexity index is 573. The van der Waals surface area contributed by atoms with Crippen molar-refractivity contribution in [3.05, 3.63) is 42.2 Å². The van der Waals surface area contributed by atoms with Crippen molar-refractivity contribution in [3.63, 3.8) is 0 Å². The number of benzene rings is 1. The summed E-state index contributed by atoms with van der Waals surface area (Å²) in [5.41, 5.74) is 1.38. The maximum atomic E-state index is 4.21. The molecule has 3 atom stereocenters. The number of pyridine rings is 1. The van der Waals surface area contributed by atoms with Gasteiger partial charge in [0.1, 0.15) is 0 Å². The van der Waals surface area contributed by atoms with Gasteiger partial charge in [-0.15, -0.1) is 0 Å². The molecule has 1 N–H and O–H groups in total. The Morgan fingerprint density at radius 3 is 3.00 bits per heavy atom. The highest BCUT2D eigenvalue weighted by atomic mass is 14.9. The van der Waals surface area contributed by atoms with E-state index in [0.29, 0.717) is 6.04 Å². The van der Waals surface area contributed by atoms with Crippen LogP contribution in [0, 0.1) is 11.8 Å². The second-order valence-electron chi connectivity index (χ2n) is 6.27. The van der Waals surface area contributed by atoms with E-state index in [1.165, 1.54) is 35.6 Å². The molecule has 0 aliphatic heterocycles. The minimum absolute atomic E-state index is 0.663. The van der Waals surface area contributed by atoms with E-state index in [1.54, 1.807) is 0 Å². The monoisotopic (exact) mass is 268 g/mol. The predicted molar refractivity (Wildman–Crippen MR) is 84.5 cm³/mol. The summed E-state index contributed by atoms with van der Waals surface area (Å²) in [7, 11) is 0. The molecule has 1 aromatic heterocycles. The first-order chi connectivity index (χ1) is 9.75. The van der Waals surface area contributed by atoms with Crippen molar-refractivity contribution in [2.45, 2.75) is 45.7 Å². The summed E-state index contributed by atoms with van der Waals surface area (Å²) in [4.78, 5) is 4.21. The molecule has 1 aliphatic rings. The van der Waals surface area contributed by atoms with Crippen molar-refractivity contribution in [1.82, 2.24) is 10.3 Å².